The summed E-state index contributed by atoms with van der Waals surface area (Å²) in [5.41, 5.74) is -0.0239. The number of hydrogen-bond acceptors (Lipinski definition) is 3. The molecule has 2 aromatic rings. The topological polar surface area (TPSA) is 41.8 Å². The van der Waals surface area contributed by atoms with Crippen molar-refractivity contribution in [3.05, 3.63) is 64.7 Å². The van der Waals surface area contributed by atoms with Crippen molar-refractivity contribution in [2.45, 2.75) is 33.1 Å². The number of halogens is 4. The second-order valence-corrected chi connectivity index (χ2v) is 7.29. The van der Waals surface area contributed by atoms with Gasteiger partial charge in [0.25, 0.3) is 0 Å². The highest BCUT2D eigenvalue weighted by atomic mass is 19.2. The second-order valence-electron chi connectivity index (χ2n) is 7.29. The first-order valence-electron chi connectivity index (χ1n) is 8.46. The lowest BCUT2D eigenvalue weighted by Crippen LogP contribution is -2.12. The summed E-state index contributed by atoms with van der Waals surface area (Å²) in [5, 5.41) is 10.5. The van der Waals surface area contributed by atoms with Crippen molar-refractivity contribution in [3.8, 4) is 11.5 Å². The number of ether oxygens (including phenoxy) is 1. The summed E-state index contributed by atoms with van der Waals surface area (Å²) in [5.74, 6) is -8.10. The van der Waals surface area contributed by atoms with Gasteiger partial charge in [-0.3, -0.25) is 0 Å². The highest BCUT2D eigenvalue weighted by Gasteiger charge is 2.26. The SMILES string of the molecule is C=CCOc1c(F)c(F)c(N=Cc2cc(C)cc(C(C)(C)C)c2O)c(F)c1F. The maximum atomic E-state index is 14.2. The van der Waals surface area contributed by atoms with Crippen molar-refractivity contribution in [2.75, 3.05) is 6.61 Å². The maximum Gasteiger partial charge on any atom is 0.206 e. The molecule has 0 radical (unpaired) electrons. The highest BCUT2D eigenvalue weighted by molar-refractivity contribution is 5.86. The molecule has 0 atom stereocenters. The van der Waals surface area contributed by atoms with E-state index < -0.39 is 40.1 Å². The van der Waals surface area contributed by atoms with Gasteiger partial charge >= 0.3 is 0 Å². The second kappa shape index (κ2) is 8.04. The van der Waals surface area contributed by atoms with Crippen LogP contribution < -0.4 is 4.74 Å². The molecule has 0 fully saturated rings. The predicted molar refractivity (Wildman–Crippen MR) is 101 cm³/mol. The minimum Gasteiger partial charge on any atom is -0.507 e. The lowest BCUT2D eigenvalue weighted by molar-refractivity contribution is 0.303. The molecule has 2 rings (SSSR count). The molecule has 0 saturated heterocycles. The van der Waals surface area contributed by atoms with E-state index >= 15 is 0 Å². The Morgan fingerprint density at radius 1 is 1.07 bits per heavy atom. The van der Waals surface area contributed by atoms with E-state index in [9.17, 15) is 22.7 Å². The van der Waals surface area contributed by atoms with E-state index in [-0.39, 0.29) is 17.9 Å². The molecule has 28 heavy (non-hydrogen) atoms. The monoisotopic (exact) mass is 395 g/mol. The van der Waals surface area contributed by atoms with Crippen molar-refractivity contribution >= 4 is 11.9 Å². The molecular formula is C21H21F4NO2. The van der Waals surface area contributed by atoms with Gasteiger partial charge in [-0.2, -0.15) is 8.78 Å². The van der Waals surface area contributed by atoms with Gasteiger partial charge in [-0.25, -0.2) is 13.8 Å². The van der Waals surface area contributed by atoms with E-state index in [0.717, 1.165) is 11.8 Å². The van der Waals surface area contributed by atoms with Gasteiger partial charge in [-0.1, -0.05) is 39.5 Å². The summed E-state index contributed by atoms with van der Waals surface area (Å²) in [4.78, 5) is 3.55. The lowest BCUT2D eigenvalue weighted by atomic mass is 9.84. The molecule has 0 aliphatic rings. The fourth-order valence-electron chi connectivity index (χ4n) is 2.59. The van der Waals surface area contributed by atoms with E-state index in [2.05, 4.69) is 16.3 Å². The quantitative estimate of drug-likeness (QED) is 0.298. The third kappa shape index (κ3) is 4.18. The highest BCUT2D eigenvalue weighted by Crippen LogP contribution is 2.36. The van der Waals surface area contributed by atoms with Gasteiger partial charge in [-0.05, 0) is 24.0 Å². The van der Waals surface area contributed by atoms with E-state index in [1.54, 1.807) is 13.0 Å². The van der Waals surface area contributed by atoms with Crippen LogP contribution in [0.3, 0.4) is 0 Å². The van der Waals surface area contributed by atoms with E-state index in [1.165, 1.54) is 12.1 Å². The van der Waals surface area contributed by atoms with Crippen LogP contribution in [0.4, 0.5) is 23.2 Å². The van der Waals surface area contributed by atoms with Crippen LogP contribution >= 0.6 is 0 Å². The summed E-state index contributed by atoms with van der Waals surface area (Å²) in [7, 11) is 0. The largest absolute Gasteiger partial charge is 0.507 e. The van der Waals surface area contributed by atoms with Crippen LogP contribution in [0, 0.1) is 30.2 Å². The molecule has 0 aromatic heterocycles. The summed E-state index contributed by atoms with van der Waals surface area (Å²) < 4.78 is 61.2. The Morgan fingerprint density at radius 3 is 2.14 bits per heavy atom. The minimum atomic E-state index is -1.70. The van der Waals surface area contributed by atoms with E-state index in [4.69, 9.17) is 0 Å². The first-order valence-corrected chi connectivity index (χ1v) is 8.46. The van der Waals surface area contributed by atoms with Crippen molar-refractivity contribution < 1.29 is 27.4 Å². The number of hydrogen-bond donors (Lipinski definition) is 1. The zero-order valence-electron chi connectivity index (χ0n) is 16.0. The average molecular weight is 395 g/mol. The normalized spacial score (nSPS) is 11.9. The molecule has 0 aliphatic heterocycles. The molecule has 0 spiro atoms. The Bertz CT molecular complexity index is 918. The number of benzene rings is 2. The lowest BCUT2D eigenvalue weighted by Gasteiger charge is -2.22. The summed E-state index contributed by atoms with van der Waals surface area (Å²) in [6.45, 7) is 10.4. The molecule has 150 valence electrons. The van der Waals surface area contributed by atoms with Gasteiger partial charge < -0.3 is 9.84 Å². The number of phenolic OH excluding ortho intramolecular Hbond substituents is 1. The van der Waals surface area contributed by atoms with Crippen LogP contribution in [-0.4, -0.2) is 17.9 Å². The van der Waals surface area contributed by atoms with Gasteiger partial charge in [0.15, 0.2) is 17.4 Å². The molecule has 0 amide bonds. The molecule has 2 aromatic carbocycles. The van der Waals surface area contributed by atoms with E-state index in [0.29, 0.717) is 5.56 Å². The molecule has 0 aliphatic carbocycles. The Morgan fingerprint density at radius 2 is 1.64 bits per heavy atom. The smallest absolute Gasteiger partial charge is 0.206 e. The van der Waals surface area contributed by atoms with Crippen molar-refractivity contribution in [1.82, 2.24) is 0 Å². The molecule has 0 unspecified atom stereocenters. The fraction of sp³-hybridized carbons (Fsp3) is 0.286. The van der Waals surface area contributed by atoms with Crippen molar-refractivity contribution in [2.24, 2.45) is 4.99 Å². The van der Waals surface area contributed by atoms with Gasteiger partial charge in [0, 0.05) is 17.3 Å². The summed E-state index contributed by atoms with van der Waals surface area (Å²) >= 11 is 0. The maximum absolute atomic E-state index is 14.2. The molecule has 1 N–H and O–H groups in total. The van der Waals surface area contributed by atoms with Gasteiger partial charge in [0.1, 0.15) is 18.0 Å². The molecule has 3 nitrogen and oxygen atoms in total. The third-order valence-corrected chi connectivity index (χ3v) is 3.97. The fourth-order valence-corrected chi connectivity index (χ4v) is 2.59. The summed E-state index contributed by atoms with van der Waals surface area (Å²) in [6.07, 6.45) is 2.14. The minimum absolute atomic E-state index is 0.130. The van der Waals surface area contributed by atoms with Gasteiger partial charge in [0.05, 0.1) is 0 Å². The summed E-state index contributed by atoms with van der Waals surface area (Å²) in [6, 6.07) is 3.32. The number of aryl methyl sites for hydroxylation is 1. The number of nitrogens with zero attached hydrogens (tertiary/aromatic N) is 1. The predicted octanol–water partition coefficient (Wildman–Crippen LogP) is 5.87. The first-order chi connectivity index (χ1) is 13.0. The zero-order chi connectivity index (χ0) is 21.2. The van der Waals surface area contributed by atoms with Crippen LogP contribution in [0.15, 0.2) is 29.8 Å². The van der Waals surface area contributed by atoms with Crippen LogP contribution in [-0.2, 0) is 5.41 Å². The first kappa shape index (κ1) is 21.5. The third-order valence-electron chi connectivity index (χ3n) is 3.97. The zero-order valence-corrected chi connectivity index (χ0v) is 16.0. The van der Waals surface area contributed by atoms with Crippen LogP contribution in [0.2, 0.25) is 0 Å². The van der Waals surface area contributed by atoms with Crippen LogP contribution in [0.5, 0.6) is 11.5 Å². The average Bonchev–Trinajstić information content (AvgIpc) is 2.61. The van der Waals surface area contributed by atoms with Crippen molar-refractivity contribution in [3.63, 3.8) is 0 Å². The molecular weight excluding hydrogens is 374 g/mol. The Balaban J connectivity index is 2.57. The molecule has 0 saturated carbocycles. The number of aliphatic imine (C=N–C) groups is 1. The van der Waals surface area contributed by atoms with Gasteiger partial charge in [0.2, 0.25) is 11.6 Å². The standard InChI is InChI=1S/C21H21F4NO2/c1-6-7-28-20-16(24)14(22)18(15(23)17(20)25)26-10-12-8-11(2)9-13(19(12)27)21(3,4)5/h6,8-10,27H,1,7H2,2-5H3. The number of rotatable bonds is 5. The van der Waals surface area contributed by atoms with Crippen molar-refractivity contribution in [1.29, 1.82) is 0 Å². The number of phenols is 1. The number of aromatic hydroxyl groups is 1. The molecule has 7 heteroatoms. The van der Waals surface area contributed by atoms with E-state index in [1.807, 2.05) is 20.8 Å². The van der Waals surface area contributed by atoms with Crippen LogP contribution in [0.1, 0.15) is 37.5 Å². The Kier molecular flexibility index (Phi) is 6.17. The molecule has 0 bridgehead atoms. The van der Waals surface area contributed by atoms with Crippen LogP contribution in [0.25, 0.3) is 0 Å². The Labute approximate surface area is 161 Å². The molecule has 0 heterocycles. The van der Waals surface area contributed by atoms with Gasteiger partial charge in [-0.15, -0.1) is 0 Å². The Hall–Kier alpha value is -2.83.